The van der Waals surface area contributed by atoms with E-state index in [0.29, 0.717) is 11.5 Å². The lowest BCUT2D eigenvalue weighted by Crippen LogP contribution is -2.36. The summed E-state index contributed by atoms with van der Waals surface area (Å²) in [6.45, 7) is 0. The molecule has 0 bridgehead atoms. The fourth-order valence-corrected chi connectivity index (χ4v) is 1.65. The molecule has 8 heteroatoms. The number of aromatic nitrogens is 3. The number of hydrogen-bond acceptors (Lipinski definition) is 5. The van der Waals surface area contributed by atoms with Crippen LogP contribution in [-0.4, -0.2) is 37.6 Å². The van der Waals surface area contributed by atoms with Gasteiger partial charge in [-0.2, -0.15) is 0 Å². The number of anilines is 1. The van der Waals surface area contributed by atoms with Crippen LogP contribution in [-0.2, 0) is 9.59 Å². The number of aliphatic carboxylic acids is 1. The molecule has 0 saturated carbocycles. The molecule has 8 nitrogen and oxygen atoms in total. The van der Waals surface area contributed by atoms with Crippen molar-refractivity contribution in [1.29, 1.82) is 0 Å². The first-order chi connectivity index (χ1) is 10.1. The van der Waals surface area contributed by atoms with Gasteiger partial charge >= 0.3 is 5.97 Å². The van der Waals surface area contributed by atoms with Crippen molar-refractivity contribution in [1.82, 2.24) is 14.5 Å². The van der Waals surface area contributed by atoms with Crippen molar-refractivity contribution in [3.63, 3.8) is 0 Å². The number of nitrogens with zero attached hydrogens (tertiary/aromatic N) is 3. The zero-order chi connectivity index (χ0) is 15.2. The zero-order valence-corrected chi connectivity index (χ0v) is 11.1. The van der Waals surface area contributed by atoms with Crippen LogP contribution in [0.25, 0.3) is 5.82 Å². The summed E-state index contributed by atoms with van der Waals surface area (Å²) in [5, 5.41) is 11.1. The Morgan fingerprint density at radius 1 is 1.43 bits per heavy atom. The van der Waals surface area contributed by atoms with Crippen molar-refractivity contribution in [2.75, 3.05) is 5.32 Å². The maximum atomic E-state index is 11.8. The average Bonchev–Trinajstić information content (AvgIpc) is 2.99. The molecule has 2 aromatic rings. The highest BCUT2D eigenvalue weighted by atomic mass is 16.4. The van der Waals surface area contributed by atoms with Crippen molar-refractivity contribution < 1.29 is 14.7 Å². The first kappa shape index (κ1) is 14.7. The fourth-order valence-electron chi connectivity index (χ4n) is 1.65. The van der Waals surface area contributed by atoms with Gasteiger partial charge in [0.25, 0.3) is 0 Å². The molecule has 2 aromatic heterocycles. The topological polar surface area (TPSA) is 123 Å². The van der Waals surface area contributed by atoms with E-state index in [4.69, 9.17) is 10.8 Å². The van der Waals surface area contributed by atoms with E-state index in [9.17, 15) is 9.59 Å². The summed E-state index contributed by atoms with van der Waals surface area (Å²) in [4.78, 5) is 30.3. The summed E-state index contributed by atoms with van der Waals surface area (Å²) in [7, 11) is 0. The minimum absolute atomic E-state index is 0.0850. The Balaban J connectivity index is 1.94. The van der Waals surface area contributed by atoms with Gasteiger partial charge < -0.3 is 16.2 Å². The number of carboxylic acids is 1. The Morgan fingerprint density at radius 3 is 2.81 bits per heavy atom. The van der Waals surface area contributed by atoms with Crippen LogP contribution < -0.4 is 11.1 Å². The summed E-state index contributed by atoms with van der Waals surface area (Å²) in [5.74, 6) is -0.751. The van der Waals surface area contributed by atoms with Crippen molar-refractivity contribution in [2.45, 2.75) is 18.9 Å². The molecule has 1 unspecified atom stereocenters. The number of nitrogens with one attached hydrogen (secondary N) is 1. The van der Waals surface area contributed by atoms with Gasteiger partial charge in [0.1, 0.15) is 12.1 Å². The third kappa shape index (κ3) is 4.11. The van der Waals surface area contributed by atoms with Gasteiger partial charge in [0.05, 0.1) is 17.9 Å². The second kappa shape index (κ2) is 6.62. The number of hydrogen-bond donors (Lipinski definition) is 3. The van der Waals surface area contributed by atoms with Crippen molar-refractivity contribution in [3.8, 4) is 5.82 Å². The lowest BCUT2D eigenvalue weighted by Gasteiger charge is -2.11. The first-order valence-electron chi connectivity index (χ1n) is 6.29. The number of nitrogens with two attached hydrogens (primary N) is 1. The molecule has 21 heavy (non-hydrogen) atoms. The molecule has 0 radical (unpaired) electrons. The van der Waals surface area contributed by atoms with Gasteiger partial charge in [0.2, 0.25) is 5.91 Å². The number of rotatable bonds is 6. The van der Waals surface area contributed by atoms with E-state index in [1.165, 1.54) is 6.20 Å². The van der Waals surface area contributed by atoms with Gasteiger partial charge in [0.15, 0.2) is 0 Å². The minimum atomic E-state index is -0.982. The summed E-state index contributed by atoms with van der Waals surface area (Å²) in [5.41, 5.74) is 6.11. The number of pyridine rings is 1. The molecule has 4 N–H and O–H groups in total. The molecule has 0 aliphatic rings. The number of amides is 1. The average molecular weight is 289 g/mol. The predicted octanol–water partition coefficient (Wildman–Crippen LogP) is 0.398. The molecule has 2 rings (SSSR count). The molecule has 110 valence electrons. The molecule has 0 aromatic carbocycles. The Hall–Kier alpha value is -2.74. The van der Waals surface area contributed by atoms with Crippen LogP contribution in [0.3, 0.4) is 0 Å². The van der Waals surface area contributed by atoms with E-state index < -0.39 is 17.9 Å². The normalized spacial score (nSPS) is 11.9. The van der Waals surface area contributed by atoms with Crippen LogP contribution >= 0.6 is 0 Å². The molecule has 0 aliphatic carbocycles. The fraction of sp³-hybridized carbons (Fsp3) is 0.231. The first-order valence-corrected chi connectivity index (χ1v) is 6.29. The summed E-state index contributed by atoms with van der Waals surface area (Å²) in [6, 6.07) is 2.54. The van der Waals surface area contributed by atoms with Gasteiger partial charge in [0, 0.05) is 18.8 Å². The molecule has 1 atom stereocenters. The number of carboxylic acid groups (broad SMARTS) is 1. The molecule has 0 saturated heterocycles. The van der Waals surface area contributed by atoms with Gasteiger partial charge in [-0.3, -0.25) is 14.2 Å². The monoisotopic (exact) mass is 289 g/mol. The van der Waals surface area contributed by atoms with Gasteiger partial charge in [-0.05, 0) is 18.6 Å². The van der Waals surface area contributed by atoms with E-state index in [-0.39, 0.29) is 12.8 Å². The number of carbonyl (C=O) groups is 2. The molecule has 1 amide bonds. The standard InChI is InChI=1S/C13H15N5O3/c14-10(2-4-12(19)20)13(21)17-9-1-3-11(16-7-9)18-6-5-15-8-18/h1,3,5-8,10H,2,4,14H2,(H,17,21)(H,19,20). The quantitative estimate of drug-likeness (QED) is 0.707. The summed E-state index contributed by atoms with van der Waals surface area (Å²) in [6.07, 6.45) is 6.44. The van der Waals surface area contributed by atoms with Crippen LogP contribution in [0.2, 0.25) is 0 Å². The lowest BCUT2D eigenvalue weighted by atomic mass is 10.1. The van der Waals surface area contributed by atoms with Crippen molar-refractivity contribution in [2.24, 2.45) is 5.73 Å². The maximum Gasteiger partial charge on any atom is 0.303 e. The second-order valence-corrected chi connectivity index (χ2v) is 4.40. The van der Waals surface area contributed by atoms with Gasteiger partial charge in [-0.1, -0.05) is 0 Å². The Labute approximate surface area is 120 Å². The molecular weight excluding hydrogens is 274 g/mol. The predicted molar refractivity (Wildman–Crippen MR) is 74.8 cm³/mol. The third-order valence-electron chi connectivity index (χ3n) is 2.79. The van der Waals surface area contributed by atoms with E-state index in [1.807, 2.05) is 0 Å². The zero-order valence-electron chi connectivity index (χ0n) is 11.1. The second-order valence-electron chi connectivity index (χ2n) is 4.40. The van der Waals surface area contributed by atoms with Crippen LogP contribution in [0.15, 0.2) is 37.1 Å². The SMILES string of the molecule is NC(CCC(=O)O)C(=O)Nc1ccc(-n2ccnc2)nc1. The maximum absolute atomic E-state index is 11.8. The highest BCUT2D eigenvalue weighted by molar-refractivity contribution is 5.94. The van der Waals surface area contributed by atoms with Crippen LogP contribution in [0.4, 0.5) is 5.69 Å². The Kier molecular flexibility index (Phi) is 4.62. The van der Waals surface area contributed by atoms with E-state index in [1.54, 1.807) is 35.4 Å². The highest BCUT2D eigenvalue weighted by Gasteiger charge is 2.15. The molecule has 0 spiro atoms. The number of carbonyl (C=O) groups excluding carboxylic acids is 1. The van der Waals surface area contributed by atoms with Crippen LogP contribution in [0, 0.1) is 0 Å². The van der Waals surface area contributed by atoms with E-state index in [0.717, 1.165) is 0 Å². The molecule has 0 fully saturated rings. The number of imidazole rings is 1. The molecule has 0 aliphatic heterocycles. The van der Waals surface area contributed by atoms with Gasteiger partial charge in [-0.15, -0.1) is 0 Å². The third-order valence-corrected chi connectivity index (χ3v) is 2.79. The van der Waals surface area contributed by atoms with Crippen molar-refractivity contribution in [3.05, 3.63) is 37.1 Å². The highest BCUT2D eigenvalue weighted by Crippen LogP contribution is 2.10. The summed E-state index contributed by atoms with van der Waals surface area (Å²) >= 11 is 0. The minimum Gasteiger partial charge on any atom is -0.481 e. The van der Waals surface area contributed by atoms with Crippen LogP contribution in [0.1, 0.15) is 12.8 Å². The van der Waals surface area contributed by atoms with Gasteiger partial charge in [-0.25, -0.2) is 9.97 Å². The van der Waals surface area contributed by atoms with Crippen LogP contribution in [0.5, 0.6) is 0 Å². The Morgan fingerprint density at radius 2 is 2.24 bits per heavy atom. The largest absolute Gasteiger partial charge is 0.481 e. The smallest absolute Gasteiger partial charge is 0.303 e. The van der Waals surface area contributed by atoms with Crippen molar-refractivity contribution >= 4 is 17.6 Å². The lowest BCUT2D eigenvalue weighted by molar-refractivity contribution is -0.137. The van der Waals surface area contributed by atoms with E-state index in [2.05, 4.69) is 15.3 Å². The molecular formula is C13H15N5O3. The van der Waals surface area contributed by atoms with E-state index >= 15 is 0 Å². The summed E-state index contributed by atoms with van der Waals surface area (Å²) < 4.78 is 1.73. The Bertz CT molecular complexity index is 609. The molecule has 2 heterocycles.